The van der Waals surface area contributed by atoms with Crippen LogP contribution in [0.2, 0.25) is 0 Å². The van der Waals surface area contributed by atoms with E-state index in [0.29, 0.717) is 28.8 Å². The molecule has 2 unspecified atom stereocenters. The zero-order valence-electron chi connectivity index (χ0n) is 17.4. The van der Waals surface area contributed by atoms with Gasteiger partial charge in [0.05, 0.1) is 33.8 Å². The first-order valence-corrected chi connectivity index (χ1v) is 11.2. The van der Waals surface area contributed by atoms with Gasteiger partial charge in [-0.1, -0.05) is 25.5 Å². The molecule has 4 nitrogen and oxygen atoms in total. The smallest absolute Gasteiger partial charge is 0.272 e. The van der Waals surface area contributed by atoms with E-state index in [0.717, 1.165) is 35.4 Å². The fourth-order valence-corrected chi connectivity index (χ4v) is 5.31. The van der Waals surface area contributed by atoms with Crippen molar-refractivity contribution in [3.8, 4) is 0 Å². The molecule has 1 aliphatic heterocycles. The summed E-state index contributed by atoms with van der Waals surface area (Å²) >= 11 is 1.59. The molecule has 0 bridgehead atoms. The van der Waals surface area contributed by atoms with Crippen molar-refractivity contribution >= 4 is 56.7 Å². The Morgan fingerprint density at radius 2 is 1.93 bits per heavy atom. The molecule has 1 fully saturated rings. The molecular formula is C22H24B3N3OS. The second-order valence-electron chi connectivity index (χ2n) is 8.78. The van der Waals surface area contributed by atoms with Gasteiger partial charge in [-0.15, -0.1) is 16.4 Å². The van der Waals surface area contributed by atoms with Crippen molar-refractivity contribution in [2.45, 2.75) is 31.9 Å². The normalized spacial score (nSPS) is 20.5. The number of anilines is 1. The van der Waals surface area contributed by atoms with E-state index >= 15 is 0 Å². The molecule has 3 aromatic rings. The quantitative estimate of drug-likeness (QED) is 0.631. The average Bonchev–Trinajstić information content (AvgIpc) is 3.23. The first-order valence-electron chi connectivity index (χ1n) is 10.3. The molecule has 1 aliphatic rings. The number of benzene rings is 1. The number of carbonyl (C=O) groups excluding carboxylic acids is 1. The van der Waals surface area contributed by atoms with Crippen LogP contribution >= 0.6 is 11.3 Å². The summed E-state index contributed by atoms with van der Waals surface area (Å²) in [6.07, 6.45) is 1.25. The number of piperidine rings is 1. The van der Waals surface area contributed by atoms with Crippen LogP contribution in [0.15, 0.2) is 35.7 Å². The van der Waals surface area contributed by atoms with E-state index in [9.17, 15) is 4.79 Å². The summed E-state index contributed by atoms with van der Waals surface area (Å²) in [6, 6.07) is 9.43. The largest absolute Gasteiger partial charge is 0.350 e. The van der Waals surface area contributed by atoms with E-state index in [1.165, 1.54) is 6.42 Å². The fraction of sp³-hybridized carbons (Fsp3) is 0.409. The van der Waals surface area contributed by atoms with Crippen LogP contribution in [0.5, 0.6) is 0 Å². The second-order valence-corrected chi connectivity index (χ2v) is 9.73. The first-order chi connectivity index (χ1) is 14.2. The number of hydrogen-bond donors (Lipinski definition) is 2. The Kier molecular flexibility index (Phi) is 5.91. The molecule has 1 saturated heterocycles. The summed E-state index contributed by atoms with van der Waals surface area (Å²) in [5.41, 5.74) is 3.71. The molecule has 8 heteroatoms. The number of aromatic amines is 1. The van der Waals surface area contributed by atoms with Crippen molar-refractivity contribution in [3.63, 3.8) is 0 Å². The number of carbonyl (C=O) groups is 1. The highest BCUT2D eigenvalue weighted by Crippen LogP contribution is 2.28. The summed E-state index contributed by atoms with van der Waals surface area (Å²) in [4.78, 5) is 18.2. The van der Waals surface area contributed by atoms with Gasteiger partial charge in [0, 0.05) is 25.3 Å². The highest BCUT2D eigenvalue weighted by Gasteiger charge is 2.24. The number of thiophene rings is 1. The Morgan fingerprint density at radius 1 is 1.20 bits per heavy atom. The zero-order valence-corrected chi connectivity index (χ0v) is 18.3. The van der Waals surface area contributed by atoms with Crippen LogP contribution in [0.25, 0.3) is 10.2 Å². The van der Waals surface area contributed by atoms with Gasteiger partial charge in [0.25, 0.3) is 5.91 Å². The van der Waals surface area contributed by atoms with E-state index in [-0.39, 0.29) is 5.91 Å². The molecule has 1 aromatic carbocycles. The van der Waals surface area contributed by atoms with Crippen molar-refractivity contribution in [2.24, 2.45) is 11.8 Å². The average molecular weight is 411 g/mol. The second kappa shape index (κ2) is 8.31. The number of aromatic nitrogens is 1. The zero-order chi connectivity index (χ0) is 21.5. The number of amides is 1. The molecule has 30 heavy (non-hydrogen) atoms. The predicted octanol–water partition coefficient (Wildman–Crippen LogP) is 3.58. The standard InChI is InChI=1S/C22H24B3N3OS/c1-13-7-14(2)11-28(10-13)12-15-3-4-16(8-17(15)22(23,24)25)26-21(29)19-9-20-18(27-19)5-6-30-20/h3-6,8-9,13-14,27H,7,10-12H2,1-2H3,(H,26,29). The Balaban J connectivity index is 1.54. The number of H-pyrrole nitrogens is 1. The maximum atomic E-state index is 12.7. The van der Waals surface area contributed by atoms with Crippen LogP contribution in [0.1, 0.15) is 41.9 Å². The summed E-state index contributed by atoms with van der Waals surface area (Å²) in [6.45, 7) is 7.38. The third-order valence-electron chi connectivity index (χ3n) is 5.66. The van der Waals surface area contributed by atoms with Gasteiger partial charge in [-0.25, -0.2) is 0 Å². The van der Waals surface area contributed by atoms with Crippen LogP contribution in [0.4, 0.5) is 5.69 Å². The molecule has 6 radical (unpaired) electrons. The Hall–Kier alpha value is -1.92. The third-order valence-corrected chi connectivity index (χ3v) is 6.52. The molecule has 2 N–H and O–H groups in total. The predicted molar refractivity (Wildman–Crippen MR) is 128 cm³/mol. The maximum absolute atomic E-state index is 12.7. The highest BCUT2D eigenvalue weighted by molar-refractivity contribution is 7.17. The van der Waals surface area contributed by atoms with Crippen molar-refractivity contribution in [2.75, 3.05) is 18.4 Å². The van der Waals surface area contributed by atoms with Gasteiger partial charge in [0.15, 0.2) is 0 Å². The maximum Gasteiger partial charge on any atom is 0.272 e. The van der Waals surface area contributed by atoms with Gasteiger partial charge < -0.3 is 10.3 Å². The van der Waals surface area contributed by atoms with Crippen LogP contribution in [-0.4, -0.2) is 52.4 Å². The SMILES string of the molecule is [B]C([B])([B])c1cc(NC(=O)c2cc3sccc3[nH]2)ccc1CN1CC(C)CC(C)C1. The lowest BCUT2D eigenvalue weighted by Gasteiger charge is -2.36. The number of fused-ring (bicyclic) bond motifs is 1. The number of nitrogens with one attached hydrogen (secondary N) is 2. The molecular weight excluding hydrogens is 387 g/mol. The topological polar surface area (TPSA) is 48.1 Å². The minimum absolute atomic E-state index is 0.215. The molecule has 0 spiro atoms. The minimum Gasteiger partial charge on any atom is -0.350 e. The molecule has 0 saturated carbocycles. The van der Waals surface area contributed by atoms with Gasteiger partial charge in [-0.3, -0.25) is 9.69 Å². The van der Waals surface area contributed by atoms with Crippen molar-refractivity contribution in [3.05, 3.63) is 52.5 Å². The summed E-state index contributed by atoms with van der Waals surface area (Å²) in [7, 11) is 18.3. The van der Waals surface area contributed by atoms with Crippen molar-refractivity contribution in [1.29, 1.82) is 0 Å². The van der Waals surface area contributed by atoms with Gasteiger partial charge >= 0.3 is 0 Å². The number of nitrogens with zero attached hydrogens (tertiary/aromatic N) is 1. The third kappa shape index (κ3) is 4.70. The fourth-order valence-electron chi connectivity index (χ4n) is 4.53. The van der Waals surface area contributed by atoms with Crippen molar-refractivity contribution in [1.82, 2.24) is 9.88 Å². The lowest BCUT2D eigenvalue weighted by atomic mass is 9.39. The molecule has 2 aromatic heterocycles. The summed E-state index contributed by atoms with van der Waals surface area (Å²) < 4.78 is 1.05. The van der Waals surface area contributed by atoms with Crippen LogP contribution in [-0.2, 0) is 11.7 Å². The van der Waals surface area contributed by atoms with Crippen LogP contribution in [0, 0.1) is 11.8 Å². The van der Waals surface area contributed by atoms with E-state index in [2.05, 4.69) is 29.0 Å². The van der Waals surface area contributed by atoms with E-state index in [1.54, 1.807) is 17.4 Å². The van der Waals surface area contributed by atoms with Crippen LogP contribution < -0.4 is 5.32 Å². The van der Waals surface area contributed by atoms with Crippen LogP contribution in [0.3, 0.4) is 0 Å². The molecule has 2 atom stereocenters. The number of rotatable bonds is 5. The van der Waals surface area contributed by atoms with Crippen molar-refractivity contribution < 1.29 is 4.79 Å². The van der Waals surface area contributed by atoms with E-state index < -0.39 is 5.11 Å². The number of hydrogen-bond acceptors (Lipinski definition) is 3. The minimum atomic E-state index is -1.49. The van der Waals surface area contributed by atoms with Gasteiger partial charge in [-0.2, -0.15) is 0 Å². The molecule has 1 amide bonds. The lowest BCUT2D eigenvalue weighted by molar-refractivity contribution is 0.102. The monoisotopic (exact) mass is 411 g/mol. The lowest BCUT2D eigenvalue weighted by Crippen LogP contribution is -2.39. The Bertz CT molecular complexity index is 1020. The van der Waals surface area contributed by atoms with Gasteiger partial charge in [0.2, 0.25) is 0 Å². The molecule has 148 valence electrons. The number of likely N-dealkylation sites (tertiary alicyclic amines) is 1. The highest BCUT2D eigenvalue weighted by atomic mass is 32.1. The Labute approximate surface area is 186 Å². The van der Waals surface area contributed by atoms with Gasteiger partial charge in [0.1, 0.15) is 5.69 Å². The summed E-state index contributed by atoms with van der Waals surface area (Å²) in [5.74, 6) is 1.10. The molecule has 0 aliphatic carbocycles. The first kappa shape index (κ1) is 21.3. The Morgan fingerprint density at radius 3 is 2.60 bits per heavy atom. The van der Waals surface area contributed by atoms with Gasteiger partial charge in [-0.05, 0) is 53.5 Å². The van der Waals surface area contributed by atoms with E-state index in [1.807, 2.05) is 29.6 Å². The summed E-state index contributed by atoms with van der Waals surface area (Å²) in [5, 5.41) is 3.42. The molecule has 4 rings (SSSR count). The van der Waals surface area contributed by atoms with E-state index in [4.69, 9.17) is 23.5 Å². The molecule has 3 heterocycles.